The van der Waals surface area contributed by atoms with Crippen molar-refractivity contribution in [2.45, 2.75) is 26.0 Å². The van der Waals surface area contributed by atoms with E-state index in [1.807, 2.05) is 6.92 Å². The SMILES string of the molecule is C[C@H](N)Cc1ccc(OC(F)F)c(Cl)c1. The van der Waals surface area contributed by atoms with Gasteiger partial charge in [-0.2, -0.15) is 8.78 Å². The van der Waals surface area contributed by atoms with Crippen molar-refractivity contribution < 1.29 is 13.5 Å². The molecule has 2 N–H and O–H groups in total. The summed E-state index contributed by atoms with van der Waals surface area (Å²) < 4.78 is 28.0. The fourth-order valence-corrected chi connectivity index (χ4v) is 1.48. The summed E-state index contributed by atoms with van der Waals surface area (Å²) in [5.41, 5.74) is 6.50. The molecule has 0 saturated carbocycles. The third-order valence-electron chi connectivity index (χ3n) is 1.77. The summed E-state index contributed by atoms with van der Waals surface area (Å²) in [5, 5.41) is 0.174. The molecule has 0 unspecified atom stereocenters. The minimum Gasteiger partial charge on any atom is -0.433 e. The maximum Gasteiger partial charge on any atom is 0.387 e. The fourth-order valence-electron chi connectivity index (χ4n) is 1.23. The van der Waals surface area contributed by atoms with Crippen LogP contribution < -0.4 is 10.5 Å². The van der Waals surface area contributed by atoms with Gasteiger partial charge in [0.2, 0.25) is 0 Å². The van der Waals surface area contributed by atoms with Crippen molar-refractivity contribution in [2.24, 2.45) is 5.73 Å². The van der Waals surface area contributed by atoms with E-state index in [0.717, 1.165) is 5.56 Å². The summed E-state index contributed by atoms with van der Waals surface area (Å²) >= 11 is 5.76. The lowest BCUT2D eigenvalue weighted by atomic mass is 10.1. The third kappa shape index (κ3) is 4.01. The summed E-state index contributed by atoms with van der Waals surface area (Å²) in [4.78, 5) is 0. The van der Waals surface area contributed by atoms with Gasteiger partial charge in [-0.25, -0.2) is 0 Å². The first kappa shape index (κ1) is 12.2. The van der Waals surface area contributed by atoms with Gasteiger partial charge in [0.1, 0.15) is 5.75 Å². The summed E-state index contributed by atoms with van der Waals surface area (Å²) in [5.74, 6) is -0.0138. The largest absolute Gasteiger partial charge is 0.433 e. The Balaban J connectivity index is 2.78. The molecule has 0 saturated heterocycles. The van der Waals surface area contributed by atoms with Gasteiger partial charge in [0.25, 0.3) is 0 Å². The first-order valence-electron chi connectivity index (χ1n) is 4.48. The molecular formula is C10H12ClF2NO. The van der Waals surface area contributed by atoms with Gasteiger partial charge >= 0.3 is 6.61 Å². The van der Waals surface area contributed by atoms with Gasteiger partial charge < -0.3 is 10.5 Å². The van der Waals surface area contributed by atoms with Crippen LogP contribution in [0.3, 0.4) is 0 Å². The predicted molar refractivity (Wildman–Crippen MR) is 55.4 cm³/mol. The van der Waals surface area contributed by atoms with Crippen molar-refractivity contribution in [3.05, 3.63) is 28.8 Å². The van der Waals surface area contributed by atoms with Gasteiger partial charge in [0.15, 0.2) is 0 Å². The lowest BCUT2D eigenvalue weighted by molar-refractivity contribution is -0.0497. The Hall–Kier alpha value is -0.870. The van der Waals surface area contributed by atoms with E-state index in [1.165, 1.54) is 6.07 Å². The molecule has 0 bridgehead atoms. The Morgan fingerprint density at radius 2 is 2.13 bits per heavy atom. The van der Waals surface area contributed by atoms with Crippen LogP contribution in [0.5, 0.6) is 5.75 Å². The van der Waals surface area contributed by atoms with Crippen LogP contribution in [0.15, 0.2) is 18.2 Å². The topological polar surface area (TPSA) is 35.2 Å². The summed E-state index contributed by atoms with van der Waals surface area (Å²) in [6.07, 6.45) is 0.647. The van der Waals surface area contributed by atoms with Crippen molar-refractivity contribution in [3.8, 4) is 5.75 Å². The number of alkyl halides is 2. The first-order valence-corrected chi connectivity index (χ1v) is 4.85. The van der Waals surface area contributed by atoms with Crippen LogP contribution in [0.2, 0.25) is 5.02 Å². The van der Waals surface area contributed by atoms with E-state index in [-0.39, 0.29) is 16.8 Å². The molecule has 1 aromatic rings. The van der Waals surface area contributed by atoms with Crippen molar-refractivity contribution >= 4 is 11.6 Å². The molecule has 0 aromatic heterocycles. The van der Waals surface area contributed by atoms with Crippen LogP contribution in [0.25, 0.3) is 0 Å². The molecule has 1 atom stereocenters. The lowest BCUT2D eigenvalue weighted by Gasteiger charge is -2.09. The van der Waals surface area contributed by atoms with Crippen molar-refractivity contribution in [1.29, 1.82) is 0 Å². The molecule has 5 heteroatoms. The fraction of sp³-hybridized carbons (Fsp3) is 0.400. The maximum absolute atomic E-state index is 11.9. The summed E-state index contributed by atoms with van der Waals surface area (Å²) in [6.45, 7) is -1.00. The first-order chi connectivity index (χ1) is 6.99. The zero-order chi connectivity index (χ0) is 11.4. The van der Waals surface area contributed by atoms with Crippen LogP contribution in [-0.4, -0.2) is 12.7 Å². The number of halogens is 3. The van der Waals surface area contributed by atoms with Gasteiger partial charge in [-0.15, -0.1) is 0 Å². The molecule has 0 radical (unpaired) electrons. The maximum atomic E-state index is 11.9. The second-order valence-corrected chi connectivity index (χ2v) is 3.73. The van der Waals surface area contributed by atoms with E-state index in [2.05, 4.69) is 4.74 Å². The van der Waals surface area contributed by atoms with Crippen molar-refractivity contribution in [3.63, 3.8) is 0 Å². The lowest BCUT2D eigenvalue weighted by Crippen LogP contribution is -2.17. The highest BCUT2D eigenvalue weighted by atomic mass is 35.5. The summed E-state index contributed by atoms with van der Waals surface area (Å²) in [6, 6.07) is 4.69. The van der Waals surface area contributed by atoms with E-state index in [1.54, 1.807) is 12.1 Å². The van der Waals surface area contributed by atoms with Gasteiger partial charge in [0.05, 0.1) is 5.02 Å². The molecule has 1 rings (SSSR count). The van der Waals surface area contributed by atoms with E-state index < -0.39 is 6.61 Å². The molecule has 0 fully saturated rings. The number of benzene rings is 1. The van der Waals surface area contributed by atoms with Crippen LogP contribution in [0, 0.1) is 0 Å². The van der Waals surface area contributed by atoms with E-state index in [4.69, 9.17) is 17.3 Å². The predicted octanol–water partition coefficient (Wildman–Crippen LogP) is 2.83. The van der Waals surface area contributed by atoms with Crippen LogP contribution in [0.1, 0.15) is 12.5 Å². The number of rotatable bonds is 4. The molecule has 0 aliphatic rings. The third-order valence-corrected chi connectivity index (χ3v) is 2.07. The van der Waals surface area contributed by atoms with Crippen LogP contribution in [-0.2, 0) is 6.42 Å². The normalized spacial score (nSPS) is 12.9. The van der Waals surface area contributed by atoms with Crippen molar-refractivity contribution in [1.82, 2.24) is 0 Å². The van der Waals surface area contributed by atoms with Gasteiger partial charge in [-0.05, 0) is 31.0 Å². The zero-order valence-electron chi connectivity index (χ0n) is 8.21. The monoisotopic (exact) mass is 235 g/mol. The molecule has 15 heavy (non-hydrogen) atoms. The molecule has 1 aromatic carbocycles. The van der Waals surface area contributed by atoms with Crippen LogP contribution in [0.4, 0.5) is 8.78 Å². The van der Waals surface area contributed by atoms with Crippen LogP contribution >= 0.6 is 11.6 Å². The zero-order valence-corrected chi connectivity index (χ0v) is 8.97. The van der Waals surface area contributed by atoms with Gasteiger partial charge in [-0.3, -0.25) is 0 Å². The Bertz CT molecular complexity index is 331. The minimum atomic E-state index is -2.86. The molecule has 0 aliphatic heterocycles. The quantitative estimate of drug-likeness (QED) is 0.871. The molecule has 84 valence electrons. The number of hydrogen-bond acceptors (Lipinski definition) is 2. The standard InChI is InChI=1S/C10H12ClF2NO/c1-6(14)4-7-2-3-9(8(11)5-7)15-10(12)13/h2-3,5-6,10H,4,14H2,1H3/t6-/m0/s1. The highest BCUT2D eigenvalue weighted by Gasteiger charge is 2.09. The van der Waals surface area contributed by atoms with E-state index in [0.29, 0.717) is 6.42 Å². The number of ether oxygens (including phenoxy) is 1. The Morgan fingerprint density at radius 1 is 1.47 bits per heavy atom. The second-order valence-electron chi connectivity index (χ2n) is 3.32. The highest BCUT2D eigenvalue weighted by molar-refractivity contribution is 6.32. The Morgan fingerprint density at radius 3 is 2.60 bits per heavy atom. The highest BCUT2D eigenvalue weighted by Crippen LogP contribution is 2.27. The minimum absolute atomic E-state index is 0.00272. The van der Waals surface area contributed by atoms with Gasteiger partial charge in [0, 0.05) is 6.04 Å². The number of nitrogens with two attached hydrogens (primary N) is 1. The average molecular weight is 236 g/mol. The molecular weight excluding hydrogens is 224 g/mol. The molecule has 2 nitrogen and oxygen atoms in total. The van der Waals surface area contributed by atoms with E-state index in [9.17, 15) is 8.78 Å². The smallest absolute Gasteiger partial charge is 0.387 e. The molecule has 0 amide bonds. The summed E-state index contributed by atoms with van der Waals surface area (Å²) in [7, 11) is 0. The Kier molecular flexibility index (Phi) is 4.29. The molecule has 0 aliphatic carbocycles. The Labute approximate surface area is 92.0 Å². The molecule has 0 heterocycles. The van der Waals surface area contributed by atoms with Crippen molar-refractivity contribution in [2.75, 3.05) is 0 Å². The second kappa shape index (κ2) is 5.28. The van der Waals surface area contributed by atoms with E-state index >= 15 is 0 Å². The molecule has 0 spiro atoms. The average Bonchev–Trinajstić information content (AvgIpc) is 2.08. The number of hydrogen-bond donors (Lipinski definition) is 1. The van der Waals surface area contributed by atoms with Gasteiger partial charge in [-0.1, -0.05) is 17.7 Å².